The average molecular weight is 227 g/mol. The van der Waals surface area contributed by atoms with E-state index >= 15 is 0 Å². The average Bonchev–Trinajstić information content (AvgIpc) is 2.45. The van der Waals surface area contributed by atoms with Gasteiger partial charge in [-0.25, -0.2) is 0 Å². The summed E-state index contributed by atoms with van der Waals surface area (Å²) in [5.74, 6) is 0. The third kappa shape index (κ3) is 1.32. The fraction of sp³-hybridized carbons (Fsp3) is 0. The molecule has 0 aliphatic rings. The molecule has 0 atom stereocenters. The maximum absolute atomic E-state index is 3.50. The molecule has 0 heterocycles. The van der Waals surface area contributed by atoms with Gasteiger partial charge >= 0.3 is 0 Å². The van der Waals surface area contributed by atoms with E-state index in [0.717, 1.165) is 0 Å². The molecule has 0 spiro atoms. The summed E-state index contributed by atoms with van der Waals surface area (Å²) in [6.07, 6.45) is 0. The van der Waals surface area contributed by atoms with Gasteiger partial charge in [0.15, 0.2) is 0 Å². The van der Waals surface area contributed by atoms with E-state index in [2.05, 4.69) is 72.8 Å². The molecule has 0 amide bonds. The van der Waals surface area contributed by atoms with Crippen molar-refractivity contribution < 1.29 is 0 Å². The first kappa shape index (κ1) is 9.67. The van der Waals surface area contributed by atoms with E-state index in [1.807, 2.05) is 0 Å². The Hall–Kier alpha value is -2.34. The van der Waals surface area contributed by atoms with Gasteiger partial charge in [-0.1, -0.05) is 60.7 Å². The number of fused-ring (bicyclic) bond motifs is 4. The van der Waals surface area contributed by atoms with Gasteiger partial charge in [0.05, 0.1) is 0 Å². The summed E-state index contributed by atoms with van der Waals surface area (Å²) in [5.41, 5.74) is 0. The number of rotatable bonds is 0. The molecule has 83 valence electrons. The quantitative estimate of drug-likeness (QED) is 0.294. The fourth-order valence-electron chi connectivity index (χ4n) is 2.60. The number of hydrogen-bond donors (Lipinski definition) is 0. The largest absolute Gasteiger partial charge is 0.0616 e. The summed E-state index contributed by atoms with van der Waals surface area (Å²) in [6, 6.07) is 27.0. The van der Waals surface area contributed by atoms with Crippen molar-refractivity contribution in [1.29, 1.82) is 0 Å². The van der Waals surface area contributed by atoms with E-state index in [0.29, 0.717) is 0 Å². The molecular weight excluding hydrogens is 216 g/mol. The van der Waals surface area contributed by atoms with E-state index in [9.17, 15) is 0 Å². The van der Waals surface area contributed by atoms with Crippen LogP contribution >= 0.6 is 0 Å². The van der Waals surface area contributed by atoms with Crippen LogP contribution in [-0.2, 0) is 0 Å². The molecule has 4 aromatic rings. The van der Waals surface area contributed by atoms with Gasteiger partial charge in [-0.05, 0) is 44.5 Å². The van der Waals surface area contributed by atoms with Crippen molar-refractivity contribution in [2.24, 2.45) is 0 Å². The lowest BCUT2D eigenvalue weighted by molar-refractivity contribution is 1.77. The Labute approximate surface area is 105 Å². The Balaban J connectivity index is 2.27. The van der Waals surface area contributed by atoms with Gasteiger partial charge < -0.3 is 0 Å². The first-order chi connectivity index (χ1) is 8.92. The minimum absolute atomic E-state index is 1.18. The topological polar surface area (TPSA) is 0 Å². The zero-order valence-corrected chi connectivity index (χ0v) is 9.85. The Morgan fingerprint density at radius 3 is 2.28 bits per heavy atom. The number of hydrogen-bond acceptors (Lipinski definition) is 0. The highest BCUT2D eigenvalue weighted by atomic mass is 14.1. The highest BCUT2D eigenvalue weighted by molar-refractivity contribution is 6.11. The molecule has 0 saturated heterocycles. The molecule has 18 heavy (non-hydrogen) atoms. The summed E-state index contributed by atoms with van der Waals surface area (Å²) in [6.45, 7) is 0. The zero-order valence-electron chi connectivity index (χ0n) is 9.85. The van der Waals surface area contributed by atoms with Crippen molar-refractivity contribution in [3.63, 3.8) is 0 Å². The van der Waals surface area contributed by atoms with Crippen LogP contribution in [0.25, 0.3) is 32.3 Å². The summed E-state index contributed by atoms with van der Waals surface area (Å²) >= 11 is 0. The molecule has 0 heteroatoms. The maximum atomic E-state index is 3.50. The minimum Gasteiger partial charge on any atom is -0.0616 e. The molecule has 4 rings (SSSR count). The van der Waals surface area contributed by atoms with Crippen LogP contribution in [0.3, 0.4) is 0 Å². The second-order valence-corrected chi connectivity index (χ2v) is 4.60. The maximum Gasteiger partial charge on any atom is -0.00141 e. The molecule has 0 fully saturated rings. The van der Waals surface area contributed by atoms with E-state index in [-0.39, 0.29) is 0 Å². The minimum atomic E-state index is 1.18. The fourth-order valence-corrected chi connectivity index (χ4v) is 2.60. The van der Waals surface area contributed by atoms with Crippen molar-refractivity contribution in [3.05, 3.63) is 72.8 Å². The summed E-state index contributed by atoms with van der Waals surface area (Å²) in [4.78, 5) is 0. The Kier molecular flexibility index (Phi) is 1.92. The van der Waals surface area contributed by atoms with Crippen LogP contribution in [0.1, 0.15) is 0 Å². The molecule has 0 unspecified atom stereocenters. The molecule has 4 aromatic carbocycles. The van der Waals surface area contributed by atoms with Crippen LogP contribution in [-0.4, -0.2) is 0 Å². The van der Waals surface area contributed by atoms with Crippen molar-refractivity contribution in [1.82, 2.24) is 0 Å². The monoisotopic (exact) mass is 227 g/mol. The van der Waals surface area contributed by atoms with Crippen LogP contribution in [0, 0.1) is 6.07 Å². The van der Waals surface area contributed by atoms with E-state index in [1.165, 1.54) is 32.3 Å². The molecule has 0 N–H and O–H groups in total. The van der Waals surface area contributed by atoms with Crippen molar-refractivity contribution in [2.45, 2.75) is 0 Å². The summed E-state index contributed by atoms with van der Waals surface area (Å²) in [5, 5.41) is 7.49. The first-order valence-corrected chi connectivity index (χ1v) is 6.14. The highest BCUT2D eigenvalue weighted by Crippen LogP contribution is 2.28. The standard InChI is InChI=1S/C18H11/c1-2-7-15-12-18-16(11-14(15)6-1)10-9-13-5-3-4-8-17(13)18/h1-10,12H. The Morgan fingerprint density at radius 2 is 1.33 bits per heavy atom. The van der Waals surface area contributed by atoms with Crippen LogP contribution in [0.2, 0.25) is 0 Å². The van der Waals surface area contributed by atoms with Gasteiger partial charge in [0, 0.05) is 0 Å². The lowest BCUT2D eigenvalue weighted by Crippen LogP contribution is -1.79. The van der Waals surface area contributed by atoms with Gasteiger partial charge in [0.25, 0.3) is 0 Å². The van der Waals surface area contributed by atoms with Crippen molar-refractivity contribution >= 4 is 32.3 Å². The van der Waals surface area contributed by atoms with Gasteiger partial charge in [-0.15, -0.1) is 0 Å². The smallest absolute Gasteiger partial charge is 0.00141 e. The Bertz CT molecular complexity index is 866. The lowest BCUT2D eigenvalue weighted by Gasteiger charge is -2.05. The first-order valence-electron chi connectivity index (χ1n) is 6.14. The van der Waals surface area contributed by atoms with Crippen molar-refractivity contribution in [2.75, 3.05) is 0 Å². The predicted molar refractivity (Wildman–Crippen MR) is 77.8 cm³/mol. The summed E-state index contributed by atoms with van der Waals surface area (Å²) < 4.78 is 0. The lowest BCUT2D eigenvalue weighted by atomic mass is 9.98. The SMILES string of the molecule is [c]1c2ccccc2cc2c1ccc1ccccc12. The highest BCUT2D eigenvalue weighted by Gasteiger charge is 2.02. The molecule has 1 radical (unpaired) electrons. The third-order valence-corrected chi connectivity index (χ3v) is 3.50. The van der Waals surface area contributed by atoms with Crippen molar-refractivity contribution in [3.8, 4) is 0 Å². The van der Waals surface area contributed by atoms with Gasteiger partial charge in [0.1, 0.15) is 0 Å². The number of benzene rings is 4. The molecule has 0 aliphatic heterocycles. The van der Waals surface area contributed by atoms with Crippen LogP contribution in [0.4, 0.5) is 0 Å². The van der Waals surface area contributed by atoms with Gasteiger partial charge in [-0.2, -0.15) is 0 Å². The summed E-state index contributed by atoms with van der Waals surface area (Å²) in [7, 11) is 0. The van der Waals surface area contributed by atoms with Crippen LogP contribution in [0.5, 0.6) is 0 Å². The molecule has 0 aliphatic carbocycles. The van der Waals surface area contributed by atoms with E-state index in [1.54, 1.807) is 0 Å². The molecule has 0 bridgehead atoms. The predicted octanol–water partition coefficient (Wildman–Crippen LogP) is 4.95. The second-order valence-electron chi connectivity index (χ2n) is 4.60. The third-order valence-electron chi connectivity index (χ3n) is 3.50. The molecule has 0 saturated carbocycles. The van der Waals surface area contributed by atoms with E-state index in [4.69, 9.17) is 0 Å². The second kappa shape index (κ2) is 3.58. The molecule has 0 nitrogen and oxygen atoms in total. The zero-order chi connectivity index (χ0) is 11.9. The molecule has 0 aromatic heterocycles. The van der Waals surface area contributed by atoms with Gasteiger partial charge in [0.2, 0.25) is 0 Å². The van der Waals surface area contributed by atoms with Crippen LogP contribution in [0.15, 0.2) is 66.7 Å². The molecular formula is C18H11. The van der Waals surface area contributed by atoms with Gasteiger partial charge in [-0.3, -0.25) is 0 Å². The van der Waals surface area contributed by atoms with Crippen LogP contribution < -0.4 is 0 Å². The van der Waals surface area contributed by atoms with E-state index < -0.39 is 0 Å². The normalized spacial score (nSPS) is 11.3. The Morgan fingerprint density at radius 1 is 0.556 bits per heavy atom.